The van der Waals surface area contributed by atoms with Crippen LogP contribution in [-0.2, 0) is 11.8 Å². The third-order valence-electron chi connectivity index (χ3n) is 4.99. The fourth-order valence-electron chi connectivity index (χ4n) is 3.57. The molecule has 6 nitrogen and oxygen atoms in total. The number of ether oxygens (including phenoxy) is 1. The molecular formula is C16H26N4O2. The summed E-state index contributed by atoms with van der Waals surface area (Å²) in [6.07, 6.45) is 6.30. The number of aryl methyl sites for hydroxylation is 1. The second-order valence-electron chi connectivity index (χ2n) is 6.62. The fourth-order valence-corrected chi connectivity index (χ4v) is 3.57. The van der Waals surface area contributed by atoms with Gasteiger partial charge in [-0.25, -0.2) is 0 Å². The minimum Gasteiger partial charge on any atom is -0.381 e. The van der Waals surface area contributed by atoms with Gasteiger partial charge in [-0.2, -0.15) is 5.10 Å². The maximum atomic E-state index is 12.3. The monoisotopic (exact) mass is 306 g/mol. The molecule has 22 heavy (non-hydrogen) atoms. The number of nitrogens with one attached hydrogen (secondary N) is 1. The lowest BCUT2D eigenvalue weighted by Crippen LogP contribution is -2.48. The molecule has 0 saturated carbocycles. The highest BCUT2D eigenvalue weighted by Crippen LogP contribution is 2.32. The summed E-state index contributed by atoms with van der Waals surface area (Å²) in [5.41, 5.74) is 0.764. The van der Waals surface area contributed by atoms with Crippen molar-refractivity contribution in [2.75, 3.05) is 39.4 Å². The molecule has 1 N–H and O–H groups in total. The molecule has 3 heterocycles. The van der Waals surface area contributed by atoms with Gasteiger partial charge in [-0.15, -0.1) is 0 Å². The molecule has 0 spiro atoms. The summed E-state index contributed by atoms with van der Waals surface area (Å²) in [7, 11) is 1.80. The summed E-state index contributed by atoms with van der Waals surface area (Å²) >= 11 is 0. The van der Waals surface area contributed by atoms with Crippen LogP contribution >= 0.6 is 0 Å². The summed E-state index contributed by atoms with van der Waals surface area (Å²) in [6, 6.07) is 1.76. The Bertz CT molecular complexity index is 502. The quantitative estimate of drug-likeness (QED) is 0.883. The zero-order valence-electron chi connectivity index (χ0n) is 13.4. The minimum absolute atomic E-state index is 0.0349. The maximum Gasteiger partial charge on any atom is 0.269 e. The van der Waals surface area contributed by atoms with Crippen LogP contribution in [0, 0.1) is 5.41 Å². The molecule has 1 amide bonds. The third-order valence-corrected chi connectivity index (χ3v) is 4.99. The topological polar surface area (TPSA) is 59.4 Å². The van der Waals surface area contributed by atoms with E-state index >= 15 is 0 Å². The van der Waals surface area contributed by atoms with Crippen molar-refractivity contribution in [2.24, 2.45) is 12.5 Å². The highest BCUT2D eigenvalue weighted by atomic mass is 16.5. The van der Waals surface area contributed by atoms with Gasteiger partial charge in [0.2, 0.25) is 0 Å². The summed E-state index contributed by atoms with van der Waals surface area (Å²) in [6.45, 7) is 5.78. The number of rotatable bonds is 5. The van der Waals surface area contributed by atoms with E-state index in [1.807, 2.05) is 0 Å². The van der Waals surface area contributed by atoms with E-state index in [9.17, 15) is 4.79 Å². The average molecular weight is 306 g/mol. The largest absolute Gasteiger partial charge is 0.381 e. The number of amides is 1. The van der Waals surface area contributed by atoms with E-state index in [0.717, 1.165) is 39.1 Å². The van der Waals surface area contributed by atoms with E-state index in [-0.39, 0.29) is 11.3 Å². The molecule has 0 bridgehead atoms. The van der Waals surface area contributed by atoms with Crippen LogP contribution in [0.25, 0.3) is 0 Å². The minimum atomic E-state index is -0.0349. The number of nitrogens with zero attached hydrogens (tertiary/aromatic N) is 3. The molecule has 0 atom stereocenters. The average Bonchev–Trinajstić information content (AvgIpc) is 3.17. The molecule has 1 aromatic heterocycles. The molecule has 2 saturated heterocycles. The van der Waals surface area contributed by atoms with Gasteiger partial charge >= 0.3 is 0 Å². The molecular weight excluding hydrogens is 280 g/mol. The van der Waals surface area contributed by atoms with Crippen LogP contribution < -0.4 is 5.32 Å². The SMILES string of the molecule is Cn1nccc1C(=O)NCC1(CN2CCCC2)CCOCC1. The van der Waals surface area contributed by atoms with Crippen LogP contribution in [0.4, 0.5) is 0 Å². The number of likely N-dealkylation sites (tertiary alicyclic amines) is 1. The fraction of sp³-hybridized carbons (Fsp3) is 0.750. The van der Waals surface area contributed by atoms with Gasteiger partial charge in [0.15, 0.2) is 0 Å². The number of hydrogen-bond acceptors (Lipinski definition) is 4. The number of carbonyl (C=O) groups excluding carboxylic acids is 1. The van der Waals surface area contributed by atoms with E-state index in [1.165, 1.54) is 25.9 Å². The van der Waals surface area contributed by atoms with Crippen molar-refractivity contribution in [1.82, 2.24) is 20.0 Å². The molecule has 2 fully saturated rings. The van der Waals surface area contributed by atoms with E-state index in [0.29, 0.717) is 5.69 Å². The third kappa shape index (κ3) is 3.50. The van der Waals surface area contributed by atoms with Crippen molar-refractivity contribution in [2.45, 2.75) is 25.7 Å². The molecule has 2 aliphatic heterocycles. The molecule has 0 unspecified atom stereocenters. The van der Waals surface area contributed by atoms with Crippen LogP contribution in [-0.4, -0.2) is 60.0 Å². The highest BCUT2D eigenvalue weighted by molar-refractivity contribution is 5.92. The van der Waals surface area contributed by atoms with Gasteiger partial charge < -0.3 is 15.0 Å². The number of hydrogen-bond donors (Lipinski definition) is 1. The summed E-state index contributed by atoms with van der Waals surface area (Å²) < 4.78 is 7.16. The van der Waals surface area contributed by atoms with Gasteiger partial charge in [0.05, 0.1) is 0 Å². The smallest absolute Gasteiger partial charge is 0.269 e. The molecule has 0 aliphatic carbocycles. The zero-order valence-corrected chi connectivity index (χ0v) is 13.4. The van der Waals surface area contributed by atoms with E-state index in [2.05, 4.69) is 15.3 Å². The number of carbonyl (C=O) groups is 1. The molecule has 3 rings (SSSR count). The van der Waals surface area contributed by atoms with Crippen LogP contribution in [0.5, 0.6) is 0 Å². The zero-order chi connectivity index (χ0) is 15.4. The van der Waals surface area contributed by atoms with Gasteiger partial charge in [-0.3, -0.25) is 9.48 Å². The molecule has 6 heteroatoms. The van der Waals surface area contributed by atoms with Crippen molar-refractivity contribution in [3.05, 3.63) is 18.0 Å². The Labute approximate surface area is 131 Å². The predicted molar refractivity (Wildman–Crippen MR) is 83.7 cm³/mol. The van der Waals surface area contributed by atoms with Gasteiger partial charge in [0.25, 0.3) is 5.91 Å². The number of aromatic nitrogens is 2. The Balaban J connectivity index is 1.62. The Morgan fingerprint density at radius 2 is 2.09 bits per heavy atom. The predicted octanol–water partition coefficient (Wildman–Crippen LogP) is 1.04. The first-order valence-corrected chi connectivity index (χ1v) is 8.25. The van der Waals surface area contributed by atoms with Gasteiger partial charge in [0.1, 0.15) is 5.69 Å². The second kappa shape index (κ2) is 6.79. The Morgan fingerprint density at radius 1 is 1.36 bits per heavy atom. The van der Waals surface area contributed by atoms with Crippen molar-refractivity contribution in [1.29, 1.82) is 0 Å². The first-order chi connectivity index (χ1) is 10.7. The van der Waals surface area contributed by atoms with Crippen LogP contribution in [0.3, 0.4) is 0 Å². The summed E-state index contributed by atoms with van der Waals surface area (Å²) in [5.74, 6) is -0.0349. The van der Waals surface area contributed by atoms with Crippen LogP contribution in [0.1, 0.15) is 36.2 Å². The lowest BCUT2D eigenvalue weighted by atomic mass is 9.79. The molecule has 0 radical (unpaired) electrons. The summed E-state index contributed by atoms with van der Waals surface area (Å²) in [4.78, 5) is 14.9. The van der Waals surface area contributed by atoms with E-state index < -0.39 is 0 Å². The second-order valence-corrected chi connectivity index (χ2v) is 6.62. The standard InChI is InChI=1S/C16H26N4O2/c1-19-14(4-7-18-19)15(21)17-12-16(5-10-22-11-6-16)13-20-8-2-3-9-20/h4,7H,2-3,5-6,8-13H2,1H3,(H,17,21). The molecule has 122 valence electrons. The highest BCUT2D eigenvalue weighted by Gasteiger charge is 2.35. The van der Waals surface area contributed by atoms with Crippen molar-refractivity contribution < 1.29 is 9.53 Å². The molecule has 2 aliphatic rings. The molecule has 1 aromatic rings. The van der Waals surface area contributed by atoms with Crippen molar-refractivity contribution >= 4 is 5.91 Å². The van der Waals surface area contributed by atoms with Crippen LogP contribution in [0.2, 0.25) is 0 Å². The van der Waals surface area contributed by atoms with Gasteiger partial charge in [-0.05, 0) is 44.8 Å². The lowest BCUT2D eigenvalue weighted by Gasteiger charge is -2.40. The molecule has 0 aromatic carbocycles. The van der Waals surface area contributed by atoms with E-state index in [4.69, 9.17) is 4.74 Å². The lowest BCUT2D eigenvalue weighted by molar-refractivity contribution is -0.000675. The van der Waals surface area contributed by atoms with Crippen molar-refractivity contribution in [3.63, 3.8) is 0 Å². The first-order valence-electron chi connectivity index (χ1n) is 8.25. The normalized spacial score (nSPS) is 21.9. The van der Waals surface area contributed by atoms with Gasteiger partial charge in [-0.1, -0.05) is 0 Å². The first kappa shape index (κ1) is 15.5. The maximum absolute atomic E-state index is 12.3. The van der Waals surface area contributed by atoms with Gasteiger partial charge in [0, 0.05) is 45.0 Å². The Morgan fingerprint density at radius 3 is 2.73 bits per heavy atom. The van der Waals surface area contributed by atoms with E-state index in [1.54, 1.807) is 24.0 Å². The van der Waals surface area contributed by atoms with Crippen LogP contribution in [0.15, 0.2) is 12.3 Å². The summed E-state index contributed by atoms with van der Waals surface area (Å²) in [5, 5.41) is 7.19. The Kier molecular flexibility index (Phi) is 4.78. The van der Waals surface area contributed by atoms with Crippen molar-refractivity contribution in [3.8, 4) is 0 Å². The Hall–Kier alpha value is -1.40.